The first-order valence-corrected chi connectivity index (χ1v) is 9.50. The summed E-state index contributed by atoms with van der Waals surface area (Å²) in [4.78, 5) is 26.1. The Morgan fingerprint density at radius 2 is 1.93 bits per heavy atom. The van der Waals surface area contributed by atoms with Gasteiger partial charge in [0.15, 0.2) is 0 Å². The maximum absolute atomic E-state index is 12.6. The lowest BCUT2D eigenvalue weighted by atomic mass is 9.86. The molecule has 28 heavy (non-hydrogen) atoms. The Bertz CT molecular complexity index is 1080. The van der Waals surface area contributed by atoms with Crippen molar-refractivity contribution in [3.8, 4) is 0 Å². The summed E-state index contributed by atoms with van der Waals surface area (Å²) in [7, 11) is 0. The zero-order valence-electron chi connectivity index (χ0n) is 15.8. The molecule has 1 fully saturated rings. The van der Waals surface area contributed by atoms with Crippen LogP contribution in [0.2, 0.25) is 0 Å². The molecule has 6 nitrogen and oxygen atoms in total. The molecule has 1 aliphatic heterocycles. The molecule has 1 aromatic heterocycles. The predicted molar refractivity (Wildman–Crippen MR) is 107 cm³/mol. The lowest BCUT2D eigenvalue weighted by Gasteiger charge is -2.36. The van der Waals surface area contributed by atoms with Gasteiger partial charge >= 0.3 is 0 Å². The number of rotatable bonds is 3. The van der Waals surface area contributed by atoms with E-state index in [1.165, 1.54) is 16.1 Å². The molecule has 0 bridgehead atoms. The number of aliphatic hydroxyl groups is 1. The zero-order chi connectivity index (χ0) is 19.7. The van der Waals surface area contributed by atoms with Gasteiger partial charge < -0.3 is 10.0 Å². The number of hydrogen-bond acceptors (Lipinski definition) is 4. The van der Waals surface area contributed by atoms with Gasteiger partial charge in [-0.15, -0.1) is 0 Å². The summed E-state index contributed by atoms with van der Waals surface area (Å²) < 4.78 is 1.18. The normalized spacial score (nSPS) is 19.7. The van der Waals surface area contributed by atoms with Gasteiger partial charge in [0.25, 0.3) is 5.56 Å². The van der Waals surface area contributed by atoms with E-state index in [1.807, 2.05) is 12.1 Å². The molecule has 0 radical (unpaired) electrons. The Morgan fingerprint density at radius 3 is 2.71 bits per heavy atom. The molecule has 1 aliphatic rings. The number of β-amino-alcohol motifs (C(OH)–C–C–N with tert-alkyl or cyclic N) is 1. The number of nitrogens with zero attached hydrogens (tertiary/aromatic N) is 3. The predicted octanol–water partition coefficient (Wildman–Crippen LogP) is 2.08. The Kier molecular flexibility index (Phi) is 4.96. The number of likely N-dealkylation sites (tertiary alicyclic amines) is 1. The first kappa shape index (κ1) is 18.4. The SMILES string of the molecule is Cc1ccc(=O)n(CC(=O)N2CC[C@H](c3ccc4ccccc4c3)[C@@H](O)C2)n1. The highest BCUT2D eigenvalue weighted by Gasteiger charge is 2.31. The minimum Gasteiger partial charge on any atom is -0.391 e. The quantitative estimate of drug-likeness (QED) is 0.758. The Labute approximate surface area is 163 Å². The number of aryl methyl sites for hydroxylation is 1. The average Bonchev–Trinajstić information content (AvgIpc) is 2.70. The molecule has 0 spiro atoms. The van der Waals surface area contributed by atoms with E-state index in [0.29, 0.717) is 18.7 Å². The largest absolute Gasteiger partial charge is 0.391 e. The number of hydrogen-bond donors (Lipinski definition) is 1. The molecule has 1 N–H and O–H groups in total. The van der Waals surface area contributed by atoms with E-state index >= 15 is 0 Å². The van der Waals surface area contributed by atoms with Gasteiger partial charge in [0.05, 0.1) is 11.8 Å². The van der Waals surface area contributed by atoms with Gasteiger partial charge in [-0.1, -0.05) is 42.5 Å². The van der Waals surface area contributed by atoms with Gasteiger partial charge in [0, 0.05) is 25.1 Å². The summed E-state index contributed by atoms with van der Waals surface area (Å²) >= 11 is 0. The molecule has 1 saturated heterocycles. The van der Waals surface area contributed by atoms with Crippen molar-refractivity contribution in [1.82, 2.24) is 14.7 Å². The van der Waals surface area contributed by atoms with Gasteiger partial charge in [0.2, 0.25) is 5.91 Å². The lowest BCUT2D eigenvalue weighted by Crippen LogP contribution is -2.47. The highest BCUT2D eigenvalue weighted by atomic mass is 16.3. The number of amides is 1. The van der Waals surface area contributed by atoms with Crippen LogP contribution in [0.3, 0.4) is 0 Å². The van der Waals surface area contributed by atoms with Crippen LogP contribution in [0, 0.1) is 6.92 Å². The van der Waals surface area contributed by atoms with E-state index < -0.39 is 6.10 Å². The van der Waals surface area contributed by atoms with E-state index in [-0.39, 0.29) is 30.5 Å². The highest BCUT2D eigenvalue weighted by molar-refractivity contribution is 5.83. The second-order valence-corrected chi connectivity index (χ2v) is 7.38. The average molecular weight is 377 g/mol. The van der Waals surface area contributed by atoms with Gasteiger partial charge in [-0.25, -0.2) is 4.68 Å². The van der Waals surface area contributed by atoms with Crippen molar-refractivity contribution >= 4 is 16.7 Å². The second kappa shape index (κ2) is 7.56. The van der Waals surface area contributed by atoms with Crippen molar-refractivity contribution in [2.75, 3.05) is 13.1 Å². The number of piperidine rings is 1. The summed E-state index contributed by atoms with van der Waals surface area (Å²) in [6.45, 7) is 2.48. The molecular formula is C22H23N3O3. The number of aromatic nitrogens is 2. The first-order chi connectivity index (χ1) is 13.5. The Balaban J connectivity index is 1.46. The van der Waals surface area contributed by atoms with Crippen molar-refractivity contribution in [2.45, 2.75) is 31.9 Å². The molecule has 3 aromatic rings. The van der Waals surface area contributed by atoms with Crippen LogP contribution in [0.5, 0.6) is 0 Å². The summed E-state index contributed by atoms with van der Waals surface area (Å²) in [5.74, 6) is -0.204. The van der Waals surface area contributed by atoms with Crippen LogP contribution in [0.25, 0.3) is 10.8 Å². The monoisotopic (exact) mass is 377 g/mol. The molecule has 0 unspecified atom stereocenters. The number of aliphatic hydroxyl groups excluding tert-OH is 1. The van der Waals surface area contributed by atoms with Gasteiger partial charge in [0.1, 0.15) is 6.54 Å². The summed E-state index contributed by atoms with van der Waals surface area (Å²) in [6.07, 6.45) is 0.0440. The molecule has 2 heterocycles. The second-order valence-electron chi connectivity index (χ2n) is 7.38. The molecule has 2 aromatic carbocycles. The fourth-order valence-corrected chi connectivity index (χ4v) is 3.88. The minimum atomic E-state index is -0.638. The topological polar surface area (TPSA) is 75.4 Å². The van der Waals surface area contributed by atoms with Crippen LogP contribution >= 0.6 is 0 Å². The molecule has 6 heteroatoms. The van der Waals surface area contributed by atoms with Crippen molar-refractivity contribution in [1.29, 1.82) is 0 Å². The fraction of sp³-hybridized carbons (Fsp3) is 0.318. The molecule has 0 saturated carbocycles. The molecule has 1 amide bonds. The van der Waals surface area contributed by atoms with Crippen LogP contribution in [-0.4, -0.2) is 44.9 Å². The summed E-state index contributed by atoms with van der Waals surface area (Å²) in [5.41, 5.74) is 1.47. The van der Waals surface area contributed by atoms with E-state index in [1.54, 1.807) is 17.9 Å². The summed E-state index contributed by atoms with van der Waals surface area (Å²) in [6, 6.07) is 17.4. The summed E-state index contributed by atoms with van der Waals surface area (Å²) in [5, 5.41) is 17.1. The lowest BCUT2D eigenvalue weighted by molar-refractivity contribution is -0.135. The van der Waals surface area contributed by atoms with Crippen molar-refractivity contribution in [2.24, 2.45) is 0 Å². The smallest absolute Gasteiger partial charge is 0.267 e. The third-order valence-electron chi connectivity index (χ3n) is 5.42. The van der Waals surface area contributed by atoms with Crippen LogP contribution in [-0.2, 0) is 11.3 Å². The van der Waals surface area contributed by atoms with Crippen LogP contribution < -0.4 is 5.56 Å². The van der Waals surface area contributed by atoms with Crippen molar-refractivity contribution < 1.29 is 9.90 Å². The Hall–Kier alpha value is -2.99. The van der Waals surface area contributed by atoms with Gasteiger partial charge in [-0.05, 0) is 35.7 Å². The molecule has 144 valence electrons. The van der Waals surface area contributed by atoms with Gasteiger partial charge in [-0.3, -0.25) is 9.59 Å². The zero-order valence-corrected chi connectivity index (χ0v) is 15.8. The standard InChI is InChI=1S/C22H23N3O3/c1-15-6-9-21(27)25(23-15)14-22(28)24-11-10-19(20(26)13-24)18-8-7-16-4-2-3-5-17(16)12-18/h2-9,12,19-20,26H,10-11,13-14H2,1H3/t19-,20+/m1/s1. The number of benzene rings is 2. The van der Waals surface area contributed by atoms with Crippen LogP contribution in [0.15, 0.2) is 59.4 Å². The van der Waals surface area contributed by atoms with E-state index in [0.717, 1.165) is 10.9 Å². The molecule has 2 atom stereocenters. The first-order valence-electron chi connectivity index (χ1n) is 9.50. The van der Waals surface area contributed by atoms with Crippen molar-refractivity contribution in [3.63, 3.8) is 0 Å². The number of carbonyl (C=O) groups is 1. The van der Waals surface area contributed by atoms with Crippen molar-refractivity contribution in [3.05, 3.63) is 76.2 Å². The maximum atomic E-state index is 12.6. The molecule has 4 rings (SSSR count). The molecule has 0 aliphatic carbocycles. The fourth-order valence-electron chi connectivity index (χ4n) is 3.88. The van der Waals surface area contributed by atoms with Gasteiger partial charge in [-0.2, -0.15) is 5.10 Å². The van der Waals surface area contributed by atoms with Crippen LogP contribution in [0.1, 0.15) is 23.6 Å². The van der Waals surface area contributed by atoms with E-state index in [9.17, 15) is 14.7 Å². The number of fused-ring (bicyclic) bond motifs is 1. The highest BCUT2D eigenvalue weighted by Crippen LogP contribution is 2.30. The maximum Gasteiger partial charge on any atom is 0.267 e. The third kappa shape index (κ3) is 3.68. The third-order valence-corrected chi connectivity index (χ3v) is 5.42. The Morgan fingerprint density at radius 1 is 1.14 bits per heavy atom. The minimum absolute atomic E-state index is 0.00604. The van der Waals surface area contributed by atoms with E-state index in [2.05, 4.69) is 35.4 Å². The number of carbonyl (C=O) groups excluding carboxylic acids is 1. The van der Waals surface area contributed by atoms with Crippen LogP contribution in [0.4, 0.5) is 0 Å². The molecular weight excluding hydrogens is 354 g/mol. The van der Waals surface area contributed by atoms with E-state index in [4.69, 9.17) is 0 Å².